The minimum atomic E-state index is 0.778. The number of hydrogen-bond acceptors (Lipinski definition) is 0. The molecule has 74 valence electrons. The Bertz CT molecular complexity index is 208. The summed E-state index contributed by atoms with van der Waals surface area (Å²) in [5.74, 6) is 0.778. The standard InChI is InChI=1S/C13H22/c1-4-7-8-12-10-9-11(5-2)13(12)6-3/h9-10,12H,4-8H2,1-3H3. The summed E-state index contributed by atoms with van der Waals surface area (Å²) in [5.41, 5.74) is 3.31. The van der Waals surface area contributed by atoms with E-state index in [-0.39, 0.29) is 0 Å². The molecule has 0 amide bonds. The van der Waals surface area contributed by atoms with Crippen LogP contribution in [-0.2, 0) is 0 Å². The van der Waals surface area contributed by atoms with Crippen molar-refractivity contribution in [3.05, 3.63) is 23.3 Å². The predicted molar refractivity (Wildman–Crippen MR) is 59.8 cm³/mol. The quantitative estimate of drug-likeness (QED) is 0.582. The van der Waals surface area contributed by atoms with Crippen LogP contribution in [0.1, 0.15) is 52.9 Å². The summed E-state index contributed by atoms with van der Waals surface area (Å²) in [6.45, 7) is 6.82. The largest absolute Gasteiger partial charge is 0.0771 e. The third-order valence-electron chi connectivity index (χ3n) is 3.02. The Morgan fingerprint density at radius 2 is 1.92 bits per heavy atom. The van der Waals surface area contributed by atoms with Crippen molar-refractivity contribution < 1.29 is 0 Å². The van der Waals surface area contributed by atoms with E-state index in [0.29, 0.717) is 0 Å². The molecule has 13 heavy (non-hydrogen) atoms. The van der Waals surface area contributed by atoms with Crippen LogP contribution in [0.25, 0.3) is 0 Å². The van der Waals surface area contributed by atoms with Gasteiger partial charge in [-0.15, -0.1) is 0 Å². The Morgan fingerprint density at radius 1 is 1.15 bits per heavy atom. The number of unbranched alkanes of at least 4 members (excludes halogenated alkanes) is 1. The average Bonchev–Trinajstić information content (AvgIpc) is 2.56. The van der Waals surface area contributed by atoms with Crippen molar-refractivity contribution in [3.8, 4) is 0 Å². The maximum atomic E-state index is 2.41. The normalized spacial score (nSPS) is 21.6. The Kier molecular flexibility index (Phi) is 4.27. The molecule has 1 atom stereocenters. The van der Waals surface area contributed by atoms with Gasteiger partial charge in [-0.05, 0) is 30.8 Å². The second-order valence-corrected chi connectivity index (χ2v) is 3.87. The molecule has 0 nitrogen and oxygen atoms in total. The lowest BCUT2D eigenvalue weighted by molar-refractivity contribution is 0.608. The molecule has 0 aliphatic heterocycles. The van der Waals surface area contributed by atoms with Crippen LogP contribution in [0.2, 0.25) is 0 Å². The van der Waals surface area contributed by atoms with E-state index < -0.39 is 0 Å². The van der Waals surface area contributed by atoms with Crippen LogP contribution in [-0.4, -0.2) is 0 Å². The first-order valence-corrected chi connectivity index (χ1v) is 5.73. The van der Waals surface area contributed by atoms with E-state index in [9.17, 15) is 0 Å². The summed E-state index contributed by atoms with van der Waals surface area (Å²) in [4.78, 5) is 0. The molecule has 0 aromatic heterocycles. The van der Waals surface area contributed by atoms with E-state index in [0.717, 1.165) is 5.92 Å². The van der Waals surface area contributed by atoms with Crippen molar-refractivity contribution in [1.29, 1.82) is 0 Å². The Morgan fingerprint density at radius 3 is 2.46 bits per heavy atom. The third kappa shape index (κ3) is 2.46. The fourth-order valence-corrected chi connectivity index (χ4v) is 2.22. The van der Waals surface area contributed by atoms with E-state index >= 15 is 0 Å². The number of allylic oxidation sites excluding steroid dienone is 4. The van der Waals surface area contributed by atoms with Gasteiger partial charge in [0.2, 0.25) is 0 Å². The molecule has 0 saturated carbocycles. The zero-order valence-corrected chi connectivity index (χ0v) is 9.27. The molecular weight excluding hydrogens is 156 g/mol. The number of hydrogen-bond donors (Lipinski definition) is 0. The second-order valence-electron chi connectivity index (χ2n) is 3.87. The van der Waals surface area contributed by atoms with E-state index in [4.69, 9.17) is 0 Å². The van der Waals surface area contributed by atoms with E-state index in [2.05, 4.69) is 32.9 Å². The van der Waals surface area contributed by atoms with Crippen molar-refractivity contribution in [2.45, 2.75) is 52.9 Å². The molecule has 0 aromatic rings. The lowest BCUT2D eigenvalue weighted by Crippen LogP contribution is -1.98. The predicted octanol–water partition coefficient (Wildman–Crippen LogP) is 4.48. The molecular formula is C13H22. The first kappa shape index (κ1) is 10.6. The Balaban J connectivity index is 2.58. The molecule has 0 spiro atoms. The first-order chi connectivity index (χ1) is 6.33. The average molecular weight is 178 g/mol. The molecule has 0 radical (unpaired) electrons. The van der Waals surface area contributed by atoms with Crippen LogP contribution in [0.3, 0.4) is 0 Å². The molecule has 0 heterocycles. The van der Waals surface area contributed by atoms with Crippen molar-refractivity contribution in [3.63, 3.8) is 0 Å². The molecule has 0 saturated heterocycles. The minimum Gasteiger partial charge on any atom is -0.0771 e. The van der Waals surface area contributed by atoms with Crippen molar-refractivity contribution in [2.75, 3.05) is 0 Å². The SMILES string of the molecule is CCCCC1C=CC(CC)=C1CC. The highest BCUT2D eigenvalue weighted by Crippen LogP contribution is 2.32. The van der Waals surface area contributed by atoms with Gasteiger partial charge in [-0.25, -0.2) is 0 Å². The molecule has 0 fully saturated rings. The molecule has 0 aromatic carbocycles. The van der Waals surface area contributed by atoms with Gasteiger partial charge < -0.3 is 0 Å². The van der Waals surface area contributed by atoms with Gasteiger partial charge in [-0.3, -0.25) is 0 Å². The van der Waals surface area contributed by atoms with Gasteiger partial charge in [-0.2, -0.15) is 0 Å². The fourth-order valence-electron chi connectivity index (χ4n) is 2.22. The molecule has 1 unspecified atom stereocenters. The second kappa shape index (κ2) is 5.26. The summed E-state index contributed by atoms with van der Waals surface area (Å²) < 4.78 is 0. The van der Waals surface area contributed by atoms with Crippen LogP contribution >= 0.6 is 0 Å². The van der Waals surface area contributed by atoms with Gasteiger partial charge in [0.15, 0.2) is 0 Å². The van der Waals surface area contributed by atoms with E-state index in [1.54, 1.807) is 11.1 Å². The van der Waals surface area contributed by atoms with Gasteiger partial charge in [0.1, 0.15) is 0 Å². The third-order valence-corrected chi connectivity index (χ3v) is 3.02. The van der Waals surface area contributed by atoms with Crippen LogP contribution in [0.4, 0.5) is 0 Å². The maximum Gasteiger partial charge on any atom is -0.00143 e. The van der Waals surface area contributed by atoms with Crippen LogP contribution < -0.4 is 0 Å². The van der Waals surface area contributed by atoms with Crippen molar-refractivity contribution in [1.82, 2.24) is 0 Å². The fraction of sp³-hybridized carbons (Fsp3) is 0.692. The molecule has 1 rings (SSSR count). The van der Waals surface area contributed by atoms with Crippen molar-refractivity contribution >= 4 is 0 Å². The monoisotopic (exact) mass is 178 g/mol. The van der Waals surface area contributed by atoms with Gasteiger partial charge >= 0.3 is 0 Å². The highest BCUT2D eigenvalue weighted by molar-refractivity contribution is 5.36. The van der Waals surface area contributed by atoms with Gasteiger partial charge in [0.05, 0.1) is 0 Å². The Labute approximate surface area is 82.7 Å². The molecule has 0 heteroatoms. The van der Waals surface area contributed by atoms with E-state index in [1.807, 2.05) is 0 Å². The Hall–Kier alpha value is -0.520. The summed E-state index contributed by atoms with van der Waals surface area (Å²) in [6, 6.07) is 0. The topological polar surface area (TPSA) is 0 Å². The summed E-state index contributed by atoms with van der Waals surface area (Å²) in [5, 5.41) is 0. The van der Waals surface area contributed by atoms with Gasteiger partial charge in [0.25, 0.3) is 0 Å². The minimum absolute atomic E-state index is 0.778. The van der Waals surface area contributed by atoms with Crippen molar-refractivity contribution in [2.24, 2.45) is 5.92 Å². The summed E-state index contributed by atoms with van der Waals surface area (Å²) in [6.07, 6.45) is 11.3. The summed E-state index contributed by atoms with van der Waals surface area (Å²) in [7, 11) is 0. The molecule has 1 aliphatic rings. The van der Waals surface area contributed by atoms with E-state index in [1.165, 1.54) is 32.1 Å². The first-order valence-electron chi connectivity index (χ1n) is 5.73. The zero-order chi connectivity index (χ0) is 9.68. The smallest absolute Gasteiger partial charge is 0.00143 e. The molecule has 0 N–H and O–H groups in total. The van der Waals surface area contributed by atoms with Crippen LogP contribution in [0.15, 0.2) is 23.3 Å². The number of rotatable bonds is 5. The highest BCUT2D eigenvalue weighted by atomic mass is 14.2. The van der Waals surface area contributed by atoms with Gasteiger partial charge in [0, 0.05) is 0 Å². The molecule has 1 aliphatic carbocycles. The highest BCUT2D eigenvalue weighted by Gasteiger charge is 2.16. The van der Waals surface area contributed by atoms with Gasteiger partial charge in [-0.1, -0.05) is 51.3 Å². The summed E-state index contributed by atoms with van der Waals surface area (Å²) >= 11 is 0. The zero-order valence-electron chi connectivity index (χ0n) is 9.27. The molecule has 0 bridgehead atoms. The van der Waals surface area contributed by atoms with Crippen LogP contribution in [0.5, 0.6) is 0 Å². The van der Waals surface area contributed by atoms with Crippen LogP contribution in [0, 0.1) is 5.92 Å². The lowest BCUT2D eigenvalue weighted by atomic mass is 9.92. The lowest BCUT2D eigenvalue weighted by Gasteiger charge is -2.13. The maximum absolute atomic E-state index is 2.41.